The van der Waals surface area contributed by atoms with Crippen LogP contribution in [0.25, 0.3) is 0 Å². The summed E-state index contributed by atoms with van der Waals surface area (Å²) in [6.45, 7) is 3.34. The lowest BCUT2D eigenvalue weighted by Gasteiger charge is -2.36. The van der Waals surface area contributed by atoms with Gasteiger partial charge in [0.2, 0.25) is 10.1 Å². The van der Waals surface area contributed by atoms with Crippen LogP contribution in [-0.2, 0) is 6.18 Å². The molecule has 1 saturated heterocycles. The van der Waals surface area contributed by atoms with E-state index in [0.29, 0.717) is 35.5 Å². The fraction of sp³-hybridized carbons (Fsp3) is 0.800. The highest BCUT2D eigenvalue weighted by molar-refractivity contribution is 7.15. The van der Waals surface area contributed by atoms with Gasteiger partial charge >= 0.3 is 6.18 Å². The number of nitrogens with zero attached hydrogens (tertiary/aromatic N) is 3. The van der Waals surface area contributed by atoms with Crippen molar-refractivity contribution in [1.29, 1.82) is 0 Å². The van der Waals surface area contributed by atoms with Gasteiger partial charge in [0.15, 0.2) is 0 Å². The molecule has 0 saturated carbocycles. The summed E-state index contributed by atoms with van der Waals surface area (Å²) in [6.07, 6.45) is -2.71. The molecule has 1 aliphatic heterocycles. The average Bonchev–Trinajstić information content (AvgIpc) is 2.78. The zero-order chi connectivity index (χ0) is 13.3. The van der Waals surface area contributed by atoms with E-state index in [0.717, 1.165) is 12.8 Å². The summed E-state index contributed by atoms with van der Waals surface area (Å²) < 4.78 is 37.3. The molecule has 2 unspecified atom stereocenters. The van der Waals surface area contributed by atoms with Gasteiger partial charge < -0.3 is 10.6 Å². The van der Waals surface area contributed by atoms with Crippen molar-refractivity contribution < 1.29 is 13.2 Å². The fourth-order valence-electron chi connectivity index (χ4n) is 2.11. The summed E-state index contributed by atoms with van der Waals surface area (Å²) in [7, 11) is 0. The number of hydrogen-bond acceptors (Lipinski definition) is 5. The Morgan fingerprint density at radius 3 is 2.72 bits per heavy atom. The number of alkyl halides is 3. The summed E-state index contributed by atoms with van der Waals surface area (Å²) in [5, 5.41) is 6.29. The molecule has 1 aromatic rings. The van der Waals surface area contributed by atoms with Crippen molar-refractivity contribution in [3.05, 3.63) is 5.01 Å². The summed E-state index contributed by atoms with van der Waals surface area (Å²) in [5.74, 6) is 0.303. The molecule has 18 heavy (non-hydrogen) atoms. The molecule has 0 aromatic carbocycles. The lowest BCUT2D eigenvalue weighted by Crippen LogP contribution is -2.46. The number of halogens is 3. The number of anilines is 1. The van der Waals surface area contributed by atoms with E-state index in [9.17, 15) is 13.2 Å². The van der Waals surface area contributed by atoms with Crippen LogP contribution in [-0.4, -0.2) is 29.3 Å². The maximum Gasteiger partial charge on any atom is 0.445 e. The van der Waals surface area contributed by atoms with Gasteiger partial charge in [-0.05, 0) is 12.3 Å². The summed E-state index contributed by atoms with van der Waals surface area (Å²) in [6, 6.07) is 0.126. The van der Waals surface area contributed by atoms with Crippen LogP contribution in [0.5, 0.6) is 0 Å². The van der Waals surface area contributed by atoms with Crippen molar-refractivity contribution in [2.45, 2.75) is 32.0 Å². The molecule has 2 rings (SSSR count). The number of hydrogen-bond donors (Lipinski definition) is 1. The van der Waals surface area contributed by atoms with Crippen LogP contribution in [0.1, 0.15) is 24.8 Å². The molecule has 0 amide bonds. The minimum atomic E-state index is -4.41. The molecule has 4 nitrogen and oxygen atoms in total. The van der Waals surface area contributed by atoms with Crippen LogP contribution < -0.4 is 10.6 Å². The van der Waals surface area contributed by atoms with Gasteiger partial charge in [0.1, 0.15) is 0 Å². The number of aromatic nitrogens is 2. The molecule has 0 spiro atoms. The predicted molar refractivity (Wildman–Crippen MR) is 63.5 cm³/mol. The van der Waals surface area contributed by atoms with E-state index in [4.69, 9.17) is 5.73 Å². The van der Waals surface area contributed by atoms with E-state index in [1.807, 2.05) is 11.8 Å². The Balaban J connectivity index is 2.10. The van der Waals surface area contributed by atoms with Gasteiger partial charge in [-0.2, -0.15) is 13.2 Å². The molecular formula is C10H15F3N4S. The van der Waals surface area contributed by atoms with Crippen molar-refractivity contribution in [2.75, 3.05) is 18.0 Å². The van der Waals surface area contributed by atoms with Crippen molar-refractivity contribution >= 4 is 16.5 Å². The first-order chi connectivity index (χ1) is 8.41. The van der Waals surface area contributed by atoms with Gasteiger partial charge in [-0.3, -0.25) is 0 Å². The Hall–Kier alpha value is -0.890. The van der Waals surface area contributed by atoms with Crippen LogP contribution >= 0.6 is 11.3 Å². The molecule has 1 aliphatic rings. The minimum Gasteiger partial charge on any atom is -0.346 e. The molecular weight excluding hydrogens is 265 g/mol. The molecule has 1 aromatic heterocycles. The molecule has 102 valence electrons. The Kier molecular flexibility index (Phi) is 3.76. The monoisotopic (exact) mass is 280 g/mol. The number of rotatable bonds is 2. The quantitative estimate of drug-likeness (QED) is 0.901. The van der Waals surface area contributed by atoms with Crippen molar-refractivity contribution in [3.63, 3.8) is 0 Å². The Morgan fingerprint density at radius 2 is 2.17 bits per heavy atom. The first kappa shape index (κ1) is 13.5. The summed E-state index contributed by atoms with van der Waals surface area (Å²) in [4.78, 5) is 1.85. The van der Waals surface area contributed by atoms with Crippen LogP contribution in [0.4, 0.5) is 18.3 Å². The maximum absolute atomic E-state index is 12.4. The highest BCUT2D eigenvalue weighted by Crippen LogP contribution is 2.35. The van der Waals surface area contributed by atoms with Crippen molar-refractivity contribution in [1.82, 2.24) is 10.2 Å². The third-order valence-electron chi connectivity index (χ3n) is 3.24. The summed E-state index contributed by atoms with van der Waals surface area (Å²) in [5.41, 5.74) is 5.96. The van der Waals surface area contributed by atoms with E-state index < -0.39 is 11.2 Å². The van der Waals surface area contributed by atoms with Gasteiger partial charge in [-0.15, -0.1) is 10.2 Å². The number of piperidine rings is 1. The van der Waals surface area contributed by atoms with Crippen molar-refractivity contribution in [2.24, 2.45) is 11.7 Å². The highest BCUT2D eigenvalue weighted by Gasteiger charge is 2.37. The molecule has 2 heterocycles. The van der Waals surface area contributed by atoms with Gasteiger partial charge in [0, 0.05) is 19.1 Å². The van der Waals surface area contributed by atoms with E-state index in [2.05, 4.69) is 10.2 Å². The predicted octanol–water partition coefficient (Wildman–Crippen LogP) is 2.12. The molecule has 8 heteroatoms. The zero-order valence-corrected chi connectivity index (χ0v) is 10.8. The van der Waals surface area contributed by atoms with Crippen LogP contribution in [0.15, 0.2) is 0 Å². The second-order valence-electron chi connectivity index (χ2n) is 4.45. The lowest BCUT2D eigenvalue weighted by molar-refractivity contribution is -0.138. The zero-order valence-electron chi connectivity index (χ0n) is 9.94. The van der Waals surface area contributed by atoms with Gasteiger partial charge in [-0.1, -0.05) is 24.7 Å². The SMILES string of the molecule is CCC1CN(c2nnc(C(F)(F)F)s2)CCC1N. The van der Waals surface area contributed by atoms with E-state index >= 15 is 0 Å². The van der Waals surface area contributed by atoms with E-state index in [-0.39, 0.29) is 6.04 Å². The summed E-state index contributed by atoms with van der Waals surface area (Å²) >= 11 is 0.598. The van der Waals surface area contributed by atoms with E-state index in [1.54, 1.807) is 0 Å². The third-order valence-corrected chi connectivity index (χ3v) is 4.27. The Bertz CT molecular complexity index is 406. The largest absolute Gasteiger partial charge is 0.445 e. The van der Waals surface area contributed by atoms with Crippen LogP contribution in [0.3, 0.4) is 0 Å². The maximum atomic E-state index is 12.4. The fourth-order valence-corrected chi connectivity index (χ4v) is 2.86. The molecule has 1 fully saturated rings. The van der Waals surface area contributed by atoms with Crippen LogP contribution in [0.2, 0.25) is 0 Å². The van der Waals surface area contributed by atoms with Crippen LogP contribution in [0, 0.1) is 5.92 Å². The second-order valence-corrected chi connectivity index (χ2v) is 5.41. The number of nitrogens with two attached hydrogens (primary N) is 1. The topological polar surface area (TPSA) is 55.0 Å². The smallest absolute Gasteiger partial charge is 0.346 e. The average molecular weight is 280 g/mol. The minimum absolute atomic E-state index is 0.126. The second kappa shape index (κ2) is 5.00. The van der Waals surface area contributed by atoms with Gasteiger partial charge in [0.25, 0.3) is 0 Å². The molecule has 0 radical (unpaired) electrons. The molecule has 0 aliphatic carbocycles. The van der Waals surface area contributed by atoms with Gasteiger partial charge in [0.05, 0.1) is 0 Å². The lowest BCUT2D eigenvalue weighted by atomic mass is 9.91. The van der Waals surface area contributed by atoms with Gasteiger partial charge in [-0.25, -0.2) is 0 Å². The molecule has 0 bridgehead atoms. The Morgan fingerprint density at radius 1 is 1.44 bits per heavy atom. The van der Waals surface area contributed by atoms with E-state index in [1.165, 1.54) is 0 Å². The first-order valence-corrected chi connectivity index (χ1v) is 6.64. The Labute approximate surface area is 107 Å². The van der Waals surface area contributed by atoms with Crippen molar-refractivity contribution in [3.8, 4) is 0 Å². The first-order valence-electron chi connectivity index (χ1n) is 5.83. The normalized spacial score (nSPS) is 25.5. The molecule has 2 atom stereocenters. The molecule has 2 N–H and O–H groups in total. The third kappa shape index (κ3) is 2.74. The standard InChI is InChI=1S/C10H15F3N4S/c1-2-6-5-17(4-3-7(6)14)9-16-15-8(18-9)10(11,12)13/h6-7H,2-5,14H2,1H3. The highest BCUT2D eigenvalue weighted by atomic mass is 32.1.